The molecule has 2 aliphatic carbocycles. The van der Waals surface area contributed by atoms with Gasteiger partial charge in [0, 0.05) is 0 Å². The molecule has 1 nitrogen and oxygen atoms in total. The van der Waals surface area contributed by atoms with Gasteiger partial charge in [0.25, 0.3) is 0 Å². The van der Waals surface area contributed by atoms with E-state index in [1.165, 1.54) is 44.1 Å². The Bertz CT molecular complexity index is 356. The van der Waals surface area contributed by atoms with Gasteiger partial charge in [0.15, 0.2) is 0 Å². The molecule has 2 aliphatic rings. The largest absolute Gasteiger partial charge is 0.198 e. The van der Waals surface area contributed by atoms with Gasteiger partial charge in [-0.05, 0) is 50.9 Å². The van der Waals surface area contributed by atoms with Crippen molar-refractivity contribution in [3.63, 3.8) is 0 Å². The smallest absolute Gasteiger partial charge is 0.0659 e. The summed E-state index contributed by atoms with van der Waals surface area (Å²) in [5.74, 6) is 1.05. The molecule has 1 heteroatoms. The normalized spacial score (nSPS) is 34.8. The van der Waals surface area contributed by atoms with Crippen LogP contribution >= 0.6 is 0 Å². The average Bonchev–Trinajstić information content (AvgIpc) is 2.38. The maximum Gasteiger partial charge on any atom is 0.0659 e. The topological polar surface area (TPSA) is 23.8 Å². The summed E-state index contributed by atoms with van der Waals surface area (Å²) in [6.45, 7) is 2.35. The van der Waals surface area contributed by atoms with Gasteiger partial charge in [-0.1, -0.05) is 36.6 Å². The third kappa shape index (κ3) is 3.46. The SMILES string of the molecule is CC1CCCC/C1=C\C=C1\CCCC(C#N)C1. The molecule has 0 spiro atoms. The minimum Gasteiger partial charge on any atom is -0.198 e. The van der Waals surface area contributed by atoms with Crippen LogP contribution in [0, 0.1) is 23.2 Å². The second-order valence-electron chi connectivity index (χ2n) is 5.64. The van der Waals surface area contributed by atoms with Crippen molar-refractivity contribution in [2.24, 2.45) is 11.8 Å². The summed E-state index contributed by atoms with van der Waals surface area (Å²) in [6.07, 6.45) is 14.6. The molecule has 92 valence electrons. The van der Waals surface area contributed by atoms with E-state index >= 15 is 0 Å². The number of hydrogen-bond acceptors (Lipinski definition) is 1. The highest BCUT2D eigenvalue weighted by Gasteiger charge is 2.16. The Morgan fingerprint density at radius 3 is 2.76 bits per heavy atom. The third-order valence-corrected chi connectivity index (χ3v) is 4.26. The maximum atomic E-state index is 8.98. The molecule has 0 aromatic rings. The highest BCUT2D eigenvalue weighted by molar-refractivity contribution is 5.22. The molecule has 2 fully saturated rings. The summed E-state index contributed by atoms with van der Waals surface area (Å²) in [4.78, 5) is 0. The Labute approximate surface area is 105 Å². The van der Waals surface area contributed by atoms with Crippen LogP contribution in [-0.2, 0) is 0 Å². The van der Waals surface area contributed by atoms with Crippen molar-refractivity contribution in [1.82, 2.24) is 0 Å². The minimum absolute atomic E-state index is 0.275. The van der Waals surface area contributed by atoms with Crippen LogP contribution in [0.5, 0.6) is 0 Å². The van der Waals surface area contributed by atoms with Crippen LogP contribution in [0.4, 0.5) is 0 Å². The van der Waals surface area contributed by atoms with E-state index in [2.05, 4.69) is 25.1 Å². The van der Waals surface area contributed by atoms with Gasteiger partial charge in [0.1, 0.15) is 0 Å². The molecular formula is C16H23N. The zero-order valence-electron chi connectivity index (χ0n) is 10.9. The summed E-state index contributed by atoms with van der Waals surface area (Å²) in [6, 6.07) is 2.42. The van der Waals surface area contributed by atoms with E-state index < -0.39 is 0 Å². The molecule has 0 saturated heterocycles. The lowest BCUT2D eigenvalue weighted by Crippen LogP contribution is -2.07. The molecule has 2 rings (SSSR count). The predicted octanol–water partition coefficient (Wildman–Crippen LogP) is 4.76. The first kappa shape index (κ1) is 12.4. The van der Waals surface area contributed by atoms with Crippen molar-refractivity contribution in [2.75, 3.05) is 0 Å². The molecule has 0 radical (unpaired) electrons. The molecule has 0 aromatic heterocycles. The van der Waals surface area contributed by atoms with Crippen LogP contribution < -0.4 is 0 Å². The molecule has 0 bridgehead atoms. The molecule has 0 amide bonds. The van der Waals surface area contributed by atoms with Gasteiger partial charge in [-0.3, -0.25) is 0 Å². The Hall–Kier alpha value is -1.03. The first-order valence-electron chi connectivity index (χ1n) is 7.07. The van der Waals surface area contributed by atoms with Crippen LogP contribution in [-0.4, -0.2) is 0 Å². The molecule has 2 saturated carbocycles. The van der Waals surface area contributed by atoms with Gasteiger partial charge in [-0.15, -0.1) is 0 Å². The Balaban J connectivity index is 1.99. The fourth-order valence-electron chi connectivity index (χ4n) is 3.04. The highest BCUT2D eigenvalue weighted by atomic mass is 14.3. The van der Waals surface area contributed by atoms with Gasteiger partial charge in [-0.25, -0.2) is 0 Å². The van der Waals surface area contributed by atoms with Gasteiger partial charge in [-0.2, -0.15) is 5.26 Å². The van der Waals surface area contributed by atoms with Crippen molar-refractivity contribution in [2.45, 2.75) is 58.3 Å². The van der Waals surface area contributed by atoms with Crippen molar-refractivity contribution >= 4 is 0 Å². The van der Waals surface area contributed by atoms with E-state index in [4.69, 9.17) is 5.26 Å². The van der Waals surface area contributed by atoms with E-state index in [-0.39, 0.29) is 5.92 Å². The molecule has 0 aliphatic heterocycles. The van der Waals surface area contributed by atoms with E-state index in [1.807, 2.05) is 0 Å². The number of nitrogens with zero attached hydrogens (tertiary/aromatic N) is 1. The predicted molar refractivity (Wildman–Crippen MR) is 71.4 cm³/mol. The van der Waals surface area contributed by atoms with Crippen molar-refractivity contribution in [1.29, 1.82) is 5.26 Å². The molecular weight excluding hydrogens is 206 g/mol. The molecule has 0 heterocycles. The van der Waals surface area contributed by atoms with Crippen LogP contribution in [0.1, 0.15) is 58.3 Å². The number of rotatable bonds is 1. The van der Waals surface area contributed by atoms with E-state index in [1.54, 1.807) is 5.57 Å². The standard InChI is InChI=1S/C16H23N/c1-13-5-2-3-8-16(13)10-9-14-6-4-7-15(11-14)12-17/h9-10,13,15H,2-8,11H2,1H3/b14-9-,16-10+. The Morgan fingerprint density at radius 2 is 2.00 bits per heavy atom. The highest BCUT2D eigenvalue weighted by Crippen LogP contribution is 2.31. The molecule has 17 heavy (non-hydrogen) atoms. The van der Waals surface area contributed by atoms with Gasteiger partial charge < -0.3 is 0 Å². The van der Waals surface area contributed by atoms with Crippen molar-refractivity contribution in [3.05, 3.63) is 23.3 Å². The average molecular weight is 229 g/mol. The van der Waals surface area contributed by atoms with Crippen molar-refractivity contribution < 1.29 is 0 Å². The number of hydrogen-bond donors (Lipinski definition) is 0. The second kappa shape index (κ2) is 6.05. The second-order valence-corrected chi connectivity index (χ2v) is 5.64. The lowest BCUT2D eigenvalue weighted by atomic mass is 9.83. The van der Waals surface area contributed by atoms with E-state index in [0.717, 1.165) is 18.8 Å². The first-order valence-corrected chi connectivity index (χ1v) is 7.07. The molecule has 0 aromatic carbocycles. The molecule has 2 atom stereocenters. The fourth-order valence-corrected chi connectivity index (χ4v) is 3.04. The Morgan fingerprint density at radius 1 is 1.12 bits per heavy atom. The van der Waals surface area contributed by atoms with Crippen LogP contribution in [0.3, 0.4) is 0 Å². The van der Waals surface area contributed by atoms with Crippen LogP contribution in [0.25, 0.3) is 0 Å². The van der Waals surface area contributed by atoms with Gasteiger partial charge >= 0.3 is 0 Å². The van der Waals surface area contributed by atoms with Crippen LogP contribution in [0.15, 0.2) is 23.3 Å². The van der Waals surface area contributed by atoms with Crippen LogP contribution in [0.2, 0.25) is 0 Å². The molecule has 0 N–H and O–H groups in total. The van der Waals surface area contributed by atoms with E-state index in [9.17, 15) is 0 Å². The lowest BCUT2D eigenvalue weighted by molar-refractivity contribution is 0.483. The number of allylic oxidation sites excluding steroid dienone is 4. The van der Waals surface area contributed by atoms with E-state index in [0.29, 0.717) is 0 Å². The zero-order valence-corrected chi connectivity index (χ0v) is 10.9. The monoisotopic (exact) mass is 229 g/mol. The summed E-state index contributed by atoms with van der Waals surface area (Å²) < 4.78 is 0. The summed E-state index contributed by atoms with van der Waals surface area (Å²) in [5.41, 5.74) is 3.12. The minimum atomic E-state index is 0.275. The fraction of sp³-hybridized carbons (Fsp3) is 0.688. The lowest BCUT2D eigenvalue weighted by Gasteiger charge is -2.22. The maximum absolute atomic E-state index is 8.98. The summed E-state index contributed by atoms with van der Waals surface area (Å²) >= 11 is 0. The van der Waals surface area contributed by atoms with Crippen molar-refractivity contribution in [3.8, 4) is 6.07 Å². The number of nitriles is 1. The first-order chi connectivity index (χ1) is 8.29. The summed E-state index contributed by atoms with van der Waals surface area (Å²) in [5, 5.41) is 8.98. The Kier molecular flexibility index (Phi) is 4.42. The summed E-state index contributed by atoms with van der Waals surface area (Å²) in [7, 11) is 0. The van der Waals surface area contributed by atoms with Gasteiger partial charge in [0.05, 0.1) is 12.0 Å². The molecule has 2 unspecified atom stereocenters. The quantitative estimate of drug-likeness (QED) is 0.635. The zero-order chi connectivity index (χ0) is 12.1. The third-order valence-electron chi connectivity index (χ3n) is 4.26. The van der Waals surface area contributed by atoms with Gasteiger partial charge in [0.2, 0.25) is 0 Å².